The second-order valence-corrected chi connectivity index (χ2v) is 4.39. The minimum absolute atomic E-state index is 0.000978. The highest BCUT2D eigenvalue weighted by Crippen LogP contribution is 2.16. The molecule has 0 radical (unpaired) electrons. The first-order valence-electron chi connectivity index (χ1n) is 5.26. The lowest BCUT2D eigenvalue weighted by Crippen LogP contribution is -2.30. The molecule has 4 heteroatoms. The molecule has 0 aromatic heterocycles. The Hall–Kier alpha value is -0.870. The van der Waals surface area contributed by atoms with Gasteiger partial charge >= 0.3 is 0 Å². The van der Waals surface area contributed by atoms with Gasteiger partial charge in [-0.1, -0.05) is 28.1 Å². The van der Waals surface area contributed by atoms with Crippen molar-refractivity contribution in [2.45, 2.75) is 19.9 Å². The zero-order chi connectivity index (χ0) is 12.0. The van der Waals surface area contributed by atoms with Crippen LogP contribution < -0.4 is 5.32 Å². The Morgan fingerprint density at radius 1 is 1.44 bits per heavy atom. The van der Waals surface area contributed by atoms with Crippen LogP contribution in [0.15, 0.2) is 28.7 Å². The number of hydrogen-bond acceptors (Lipinski definition) is 2. The predicted molar refractivity (Wildman–Crippen MR) is 67.2 cm³/mol. The van der Waals surface area contributed by atoms with E-state index in [2.05, 4.69) is 21.2 Å². The van der Waals surface area contributed by atoms with Crippen molar-refractivity contribution in [3.8, 4) is 0 Å². The summed E-state index contributed by atoms with van der Waals surface area (Å²) in [6, 6.07) is 7.88. The standard InChI is InChI=1S/C12H16BrNO2/c1-3-16-8-12(15)14-9(2)10-4-6-11(13)7-5-10/h4-7,9H,3,8H2,1-2H3,(H,14,15). The molecule has 3 nitrogen and oxygen atoms in total. The first-order chi connectivity index (χ1) is 7.63. The van der Waals surface area contributed by atoms with Crippen molar-refractivity contribution < 1.29 is 9.53 Å². The number of rotatable bonds is 5. The van der Waals surface area contributed by atoms with Crippen LogP contribution in [0.25, 0.3) is 0 Å². The summed E-state index contributed by atoms with van der Waals surface area (Å²) >= 11 is 3.37. The van der Waals surface area contributed by atoms with Gasteiger partial charge in [0.2, 0.25) is 5.91 Å². The van der Waals surface area contributed by atoms with Crippen LogP contribution in [-0.4, -0.2) is 19.1 Å². The van der Waals surface area contributed by atoms with Gasteiger partial charge in [0.15, 0.2) is 0 Å². The van der Waals surface area contributed by atoms with Crippen LogP contribution in [0.3, 0.4) is 0 Å². The Kier molecular flexibility index (Phi) is 5.49. The number of nitrogens with one attached hydrogen (secondary N) is 1. The molecule has 1 aromatic rings. The summed E-state index contributed by atoms with van der Waals surface area (Å²) in [6.45, 7) is 4.50. The van der Waals surface area contributed by atoms with Crippen LogP contribution in [0, 0.1) is 0 Å². The maximum Gasteiger partial charge on any atom is 0.246 e. The maximum absolute atomic E-state index is 11.4. The predicted octanol–water partition coefficient (Wildman–Crippen LogP) is 2.66. The fourth-order valence-corrected chi connectivity index (χ4v) is 1.58. The first kappa shape index (κ1) is 13.2. The maximum atomic E-state index is 11.4. The van der Waals surface area contributed by atoms with Crippen molar-refractivity contribution >= 4 is 21.8 Å². The number of carbonyl (C=O) groups excluding carboxylic acids is 1. The van der Waals surface area contributed by atoms with E-state index in [0.29, 0.717) is 6.61 Å². The molecular weight excluding hydrogens is 270 g/mol. The van der Waals surface area contributed by atoms with E-state index in [1.807, 2.05) is 38.1 Å². The van der Waals surface area contributed by atoms with Gasteiger partial charge in [-0.05, 0) is 31.5 Å². The van der Waals surface area contributed by atoms with E-state index < -0.39 is 0 Å². The van der Waals surface area contributed by atoms with Crippen LogP contribution in [0.4, 0.5) is 0 Å². The summed E-state index contributed by atoms with van der Waals surface area (Å²) in [5, 5.41) is 2.87. The molecule has 0 bridgehead atoms. The van der Waals surface area contributed by atoms with Crippen LogP contribution in [-0.2, 0) is 9.53 Å². The molecule has 88 valence electrons. The van der Waals surface area contributed by atoms with Crippen molar-refractivity contribution in [1.29, 1.82) is 0 Å². The largest absolute Gasteiger partial charge is 0.372 e. The monoisotopic (exact) mass is 285 g/mol. The zero-order valence-corrected chi connectivity index (χ0v) is 11.1. The molecule has 1 unspecified atom stereocenters. The number of ether oxygens (including phenoxy) is 1. The molecule has 0 aliphatic heterocycles. The highest BCUT2D eigenvalue weighted by Gasteiger charge is 2.08. The average molecular weight is 286 g/mol. The quantitative estimate of drug-likeness (QED) is 0.903. The molecule has 1 rings (SSSR count). The fraction of sp³-hybridized carbons (Fsp3) is 0.417. The molecule has 0 fully saturated rings. The number of carbonyl (C=O) groups is 1. The summed E-state index contributed by atoms with van der Waals surface area (Å²) in [4.78, 5) is 11.4. The molecule has 1 N–H and O–H groups in total. The van der Waals surface area contributed by atoms with E-state index in [0.717, 1.165) is 10.0 Å². The molecule has 0 aliphatic carbocycles. The molecule has 0 heterocycles. The van der Waals surface area contributed by atoms with Crippen molar-refractivity contribution in [2.75, 3.05) is 13.2 Å². The van der Waals surface area contributed by atoms with Crippen molar-refractivity contribution in [3.05, 3.63) is 34.3 Å². The Balaban J connectivity index is 2.48. The van der Waals surface area contributed by atoms with E-state index in [4.69, 9.17) is 4.74 Å². The van der Waals surface area contributed by atoms with E-state index in [-0.39, 0.29) is 18.6 Å². The third-order valence-electron chi connectivity index (χ3n) is 2.18. The lowest BCUT2D eigenvalue weighted by Gasteiger charge is -2.14. The third kappa shape index (κ3) is 4.33. The second-order valence-electron chi connectivity index (χ2n) is 3.48. The smallest absolute Gasteiger partial charge is 0.246 e. The Morgan fingerprint density at radius 2 is 2.06 bits per heavy atom. The van der Waals surface area contributed by atoms with Gasteiger partial charge in [0.1, 0.15) is 6.61 Å². The SMILES string of the molecule is CCOCC(=O)NC(C)c1ccc(Br)cc1. The lowest BCUT2D eigenvalue weighted by atomic mass is 10.1. The van der Waals surface area contributed by atoms with Crippen LogP contribution in [0.2, 0.25) is 0 Å². The van der Waals surface area contributed by atoms with Crippen molar-refractivity contribution in [3.63, 3.8) is 0 Å². The fourth-order valence-electron chi connectivity index (χ4n) is 1.31. The molecular formula is C12H16BrNO2. The van der Waals surface area contributed by atoms with Crippen LogP contribution in [0.1, 0.15) is 25.5 Å². The van der Waals surface area contributed by atoms with Gasteiger partial charge in [0.05, 0.1) is 6.04 Å². The average Bonchev–Trinajstić information content (AvgIpc) is 2.27. The topological polar surface area (TPSA) is 38.3 Å². The summed E-state index contributed by atoms with van der Waals surface area (Å²) < 4.78 is 6.06. The van der Waals surface area contributed by atoms with Crippen LogP contribution in [0.5, 0.6) is 0 Å². The van der Waals surface area contributed by atoms with Gasteiger partial charge in [0, 0.05) is 11.1 Å². The minimum atomic E-state index is -0.0859. The summed E-state index contributed by atoms with van der Waals surface area (Å²) in [5.74, 6) is -0.0859. The van der Waals surface area contributed by atoms with Crippen LogP contribution >= 0.6 is 15.9 Å². The van der Waals surface area contributed by atoms with Crippen molar-refractivity contribution in [2.24, 2.45) is 0 Å². The highest BCUT2D eigenvalue weighted by atomic mass is 79.9. The number of hydrogen-bond donors (Lipinski definition) is 1. The van der Waals surface area contributed by atoms with Crippen molar-refractivity contribution in [1.82, 2.24) is 5.32 Å². The summed E-state index contributed by atoms with van der Waals surface area (Å²) in [6.07, 6.45) is 0. The van der Waals surface area contributed by atoms with Gasteiger partial charge in [0.25, 0.3) is 0 Å². The molecule has 16 heavy (non-hydrogen) atoms. The van der Waals surface area contributed by atoms with E-state index in [9.17, 15) is 4.79 Å². The molecule has 0 saturated carbocycles. The number of amides is 1. The van der Waals surface area contributed by atoms with E-state index in [1.165, 1.54) is 0 Å². The van der Waals surface area contributed by atoms with E-state index in [1.54, 1.807) is 0 Å². The molecule has 0 saturated heterocycles. The molecule has 1 amide bonds. The normalized spacial score (nSPS) is 12.2. The Bertz CT molecular complexity index is 337. The highest BCUT2D eigenvalue weighted by molar-refractivity contribution is 9.10. The molecule has 1 aromatic carbocycles. The van der Waals surface area contributed by atoms with E-state index >= 15 is 0 Å². The number of halogens is 1. The van der Waals surface area contributed by atoms with Gasteiger partial charge in [-0.2, -0.15) is 0 Å². The zero-order valence-electron chi connectivity index (χ0n) is 9.50. The van der Waals surface area contributed by atoms with Gasteiger partial charge < -0.3 is 10.1 Å². The number of benzene rings is 1. The molecule has 0 spiro atoms. The first-order valence-corrected chi connectivity index (χ1v) is 6.05. The van der Waals surface area contributed by atoms with Gasteiger partial charge in [-0.25, -0.2) is 0 Å². The minimum Gasteiger partial charge on any atom is -0.372 e. The summed E-state index contributed by atoms with van der Waals surface area (Å²) in [5.41, 5.74) is 1.08. The third-order valence-corrected chi connectivity index (χ3v) is 2.71. The second kappa shape index (κ2) is 6.66. The van der Waals surface area contributed by atoms with Gasteiger partial charge in [-0.3, -0.25) is 4.79 Å². The lowest BCUT2D eigenvalue weighted by molar-refractivity contribution is -0.126. The summed E-state index contributed by atoms with van der Waals surface area (Å²) in [7, 11) is 0. The van der Waals surface area contributed by atoms with Gasteiger partial charge in [-0.15, -0.1) is 0 Å². The Labute approximate surface area is 104 Å². The molecule has 1 atom stereocenters. The Morgan fingerprint density at radius 3 is 2.62 bits per heavy atom. The molecule has 0 aliphatic rings.